The number of hydrogen-bond acceptors (Lipinski definition) is 3. The molecule has 5 nitrogen and oxygen atoms in total. The van der Waals surface area contributed by atoms with Crippen LogP contribution in [0.5, 0.6) is 5.75 Å². The molecule has 4 rings (SSSR count). The largest absolute Gasteiger partial charge is 0.485 e. The number of aromatic nitrogens is 2. The predicted octanol–water partition coefficient (Wildman–Crippen LogP) is 5.15. The van der Waals surface area contributed by atoms with Crippen molar-refractivity contribution in [1.82, 2.24) is 9.78 Å². The second-order valence-corrected chi connectivity index (χ2v) is 6.86. The fraction of sp³-hybridized carbons (Fsp3) is 0.0833. The number of nitrogens with zero attached hydrogens (tertiary/aromatic N) is 2. The Labute approximate surface area is 173 Å². The highest BCUT2D eigenvalue weighted by atomic mass is 19.1. The molecule has 3 aromatic carbocycles. The molecule has 1 amide bonds. The van der Waals surface area contributed by atoms with Crippen LogP contribution in [0.1, 0.15) is 21.6 Å². The van der Waals surface area contributed by atoms with E-state index in [1.807, 2.05) is 61.5 Å². The lowest BCUT2D eigenvalue weighted by Gasteiger charge is -2.07. The molecule has 0 spiro atoms. The summed E-state index contributed by atoms with van der Waals surface area (Å²) in [4.78, 5) is 12.9. The number of halogens is 1. The van der Waals surface area contributed by atoms with E-state index in [9.17, 15) is 9.18 Å². The summed E-state index contributed by atoms with van der Waals surface area (Å²) in [5.74, 6) is -0.389. The number of ether oxygens (including phenoxy) is 1. The number of rotatable bonds is 6. The van der Waals surface area contributed by atoms with E-state index >= 15 is 0 Å². The van der Waals surface area contributed by atoms with Crippen LogP contribution in [0.4, 0.5) is 10.1 Å². The summed E-state index contributed by atoms with van der Waals surface area (Å²) in [6.45, 7) is 2.27. The molecule has 30 heavy (non-hydrogen) atoms. The molecule has 0 radical (unpaired) electrons. The van der Waals surface area contributed by atoms with E-state index in [0.29, 0.717) is 23.7 Å². The van der Waals surface area contributed by atoms with E-state index in [1.54, 1.807) is 18.3 Å². The molecule has 0 saturated carbocycles. The quantitative estimate of drug-likeness (QED) is 0.486. The zero-order chi connectivity index (χ0) is 20.9. The van der Waals surface area contributed by atoms with Gasteiger partial charge in [0, 0.05) is 5.69 Å². The van der Waals surface area contributed by atoms with Crippen LogP contribution in [0, 0.1) is 12.7 Å². The molecular formula is C24H20FN3O2. The van der Waals surface area contributed by atoms with Gasteiger partial charge in [0.2, 0.25) is 0 Å². The van der Waals surface area contributed by atoms with Gasteiger partial charge in [-0.25, -0.2) is 9.07 Å². The minimum Gasteiger partial charge on any atom is -0.485 e. The number of carbonyl (C=O) groups excluding carboxylic acids is 1. The normalized spacial score (nSPS) is 10.6. The fourth-order valence-electron chi connectivity index (χ4n) is 2.91. The Balaban J connectivity index is 1.62. The molecular weight excluding hydrogens is 381 g/mol. The first-order valence-electron chi connectivity index (χ1n) is 9.49. The Morgan fingerprint density at radius 1 is 1.00 bits per heavy atom. The number of hydrogen-bond donors (Lipinski definition) is 1. The van der Waals surface area contributed by atoms with E-state index in [1.165, 1.54) is 16.8 Å². The monoisotopic (exact) mass is 401 g/mol. The molecule has 0 unspecified atom stereocenters. The van der Waals surface area contributed by atoms with Gasteiger partial charge < -0.3 is 10.1 Å². The number of carbonyl (C=O) groups is 1. The maximum absolute atomic E-state index is 13.3. The molecule has 150 valence electrons. The molecule has 1 N–H and O–H groups in total. The summed E-state index contributed by atoms with van der Waals surface area (Å²) in [6.07, 6.45) is 1.63. The lowest BCUT2D eigenvalue weighted by molar-refractivity contribution is 0.101. The average molecular weight is 401 g/mol. The summed E-state index contributed by atoms with van der Waals surface area (Å²) in [5.41, 5.74) is 3.50. The topological polar surface area (TPSA) is 56.2 Å². The summed E-state index contributed by atoms with van der Waals surface area (Å²) < 4.78 is 20.7. The van der Waals surface area contributed by atoms with Crippen LogP contribution < -0.4 is 10.1 Å². The van der Waals surface area contributed by atoms with Gasteiger partial charge in [0.25, 0.3) is 5.91 Å². The van der Waals surface area contributed by atoms with E-state index in [4.69, 9.17) is 4.74 Å². The van der Waals surface area contributed by atoms with Crippen LogP contribution >= 0.6 is 0 Å². The van der Waals surface area contributed by atoms with Crippen molar-refractivity contribution in [2.45, 2.75) is 13.5 Å². The molecule has 0 aliphatic heterocycles. The second-order valence-electron chi connectivity index (χ2n) is 6.86. The molecule has 0 aliphatic carbocycles. The average Bonchev–Trinajstić information content (AvgIpc) is 3.19. The summed E-state index contributed by atoms with van der Waals surface area (Å²) in [5, 5.41) is 7.24. The zero-order valence-corrected chi connectivity index (χ0v) is 16.4. The third-order valence-corrected chi connectivity index (χ3v) is 4.53. The van der Waals surface area contributed by atoms with Gasteiger partial charge in [-0.05, 0) is 48.9 Å². The lowest BCUT2D eigenvalue weighted by atomic mass is 10.2. The highest BCUT2D eigenvalue weighted by Gasteiger charge is 2.19. The van der Waals surface area contributed by atoms with Crippen molar-refractivity contribution >= 4 is 11.6 Å². The molecule has 0 saturated heterocycles. The minimum atomic E-state index is -0.386. The van der Waals surface area contributed by atoms with Crippen molar-refractivity contribution in [3.8, 4) is 11.4 Å². The maximum atomic E-state index is 13.3. The molecule has 1 aromatic heterocycles. The van der Waals surface area contributed by atoms with Crippen molar-refractivity contribution in [2.24, 2.45) is 0 Å². The highest BCUT2D eigenvalue weighted by Crippen LogP contribution is 2.23. The van der Waals surface area contributed by atoms with Gasteiger partial charge in [-0.15, -0.1) is 0 Å². The van der Waals surface area contributed by atoms with Crippen molar-refractivity contribution in [1.29, 1.82) is 0 Å². The van der Waals surface area contributed by atoms with E-state index in [-0.39, 0.29) is 17.4 Å². The van der Waals surface area contributed by atoms with Crippen LogP contribution in [-0.4, -0.2) is 15.7 Å². The van der Waals surface area contributed by atoms with Gasteiger partial charge in [0.1, 0.15) is 12.4 Å². The smallest absolute Gasteiger partial charge is 0.280 e. The zero-order valence-electron chi connectivity index (χ0n) is 16.4. The predicted molar refractivity (Wildman–Crippen MR) is 113 cm³/mol. The Morgan fingerprint density at radius 3 is 2.40 bits per heavy atom. The maximum Gasteiger partial charge on any atom is 0.280 e. The molecule has 0 bridgehead atoms. The first-order valence-corrected chi connectivity index (χ1v) is 9.49. The molecule has 4 aromatic rings. The Hall–Kier alpha value is -3.93. The van der Waals surface area contributed by atoms with Crippen LogP contribution in [0.3, 0.4) is 0 Å². The minimum absolute atomic E-state index is 0.149. The molecule has 0 fully saturated rings. The number of amides is 1. The number of nitrogens with one attached hydrogen (secondary N) is 1. The fourth-order valence-corrected chi connectivity index (χ4v) is 2.91. The van der Waals surface area contributed by atoms with Gasteiger partial charge in [0.15, 0.2) is 11.4 Å². The van der Waals surface area contributed by atoms with Gasteiger partial charge in [-0.2, -0.15) is 5.10 Å². The third kappa shape index (κ3) is 4.55. The number of anilines is 1. The van der Waals surface area contributed by atoms with Crippen molar-refractivity contribution in [3.05, 3.63) is 108 Å². The highest BCUT2D eigenvalue weighted by molar-refractivity contribution is 6.04. The Morgan fingerprint density at radius 2 is 1.70 bits per heavy atom. The number of aryl methyl sites for hydroxylation is 1. The standard InChI is InChI=1S/C24H20FN3O2/c1-17-7-11-20(12-8-17)26-24(29)23-22(30-16-18-5-3-2-4-6-18)15-28(27-23)21-13-9-19(25)10-14-21/h2-15H,16H2,1H3,(H,26,29). The van der Waals surface area contributed by atoms with Crippen LogP contribution in [0.15, 0.2) is 85.1 Å². The van der Waals surface area contributed by atoms with Gasteiger partial charge >= 0.3 is 0 Å². The van der Waals surface area contributed by atoms with Gasteiger partial charge in [-0.3, -0.25) is 4.79 Å². The first-order chi connectivity index (χ1) is 14.6. The first kappa shape index (κ1) is 19.4. The SMILES string of the molecule is Cc1ccc(NC(=O)c2nn(-c3ccc(F)cc3)cc2OCc2ccccc2)cc1. The molecule has 0 aliphatic rings. The van der Waals surface area contributed by atoms with Crippen molar-refractivity contribution in [3.63, 3.8) is 0 Å². The summed E-state index contributed by atoms with van der Waals surface area (Å²) >= 11 is 0. The van der Waals surface area contributed by atoms with Crippen LogP contribution in [0.25, 0.3) is 5.69 Å². The van der Waals surface area contributed by atoms with Gasteiger partial charge in [0.05, 0.1) is 11.9 Å². The lowest BCUT2D eigenvalue weighted by Crippen LogP contribution is -2.14. The van der Waals surface area contributed by atoms with E-state index < -0.39 is 0 Å². The van der Waals surface area contributed by atoms with Crippen molar-refractivity contribution < 1.29 is 13.9 Å². The van der Waals surface area contributed by atoms with E-state index in [2.05, 4.69) is 10.4 Å². The van der Waals surface area contributed by atoms with Crippen LogP contribution in [0.2, 0.25) is 0 Å². The number of benzene rings is 3. The van der Waals surface area contributed by atoms with E-state index in [0.717, 1.165) is 11.1 Å². The molecule has 6 heteroatoms. The summed E-state index contributed by atoms with van der Waals surface area (Å²) in [6, 6.07) is 23.0. The molecule has 0 atom stereocenters. The van der Waals surface area contributed by atoms with Crippen molar-refractivity contribution in [2.75, 3.05) is 5.32 Å². The summed E-state index contributed by atoms with van der Waals surface area (Å²) in [7, 11) is 0. The third-order valence-electron chi connectivity index (χ3n) is 4.53. The Kier molecular flexibility index (Phi) is 5.57. The second kappa shape index (κ2) is 8.61. The van der Waals surface area contributed by atoms with Gasteiger partial charge in [-0.1, -0.05) is 48.0 Å². The Bertz CT molecular complexity index is 1140. The molecule has 1 heterocycles. The van der Waals surface area contributed by atoms with Crippen LogP contribution in [-0.2, 0) is 6.61 Å².